The minimum atomic E-state index is -1.17. The van der Waals surface area contributed by atoms with Crippen molar-refractivity contribution in [2.24, 2.45) is 0 Å². The fourth-order valence-corrected chi connectivity index (χ4v) is 1.62. The van der Waals surface area contributed by atoms with Crippen molar-refractivity contribution in [2.45, 2.75) is 0 Å². The topological polar surface area (TPSA) is 54.4 Å². The number of carbonyl (C=O) groups excluding carboxylic acids is 1. The fourth-order valence-electron chi connectivity index (χ4n) is 1.62. The van der Waals surface area contributed by atoms with Gasteiger partial charge in [0.2, 0.25) is 0 Å². The maximum atomic E-state index is 13.7. The Balaban J connectivity index is 2.44. The molecule has 0 unspecified atom stereocenters. The molecule has 0 heterocycles. The number of halogens is 1. The first-order valence-electron chi connectivity index (χ1n) is 5.20. The van der Waals surface area contributed by atoms with Gasteiger partial charge in [0.05, 0.1) is 5.56 Å². The molecule has 0 saturated carbocycles. The number of carbonyl (C=O) groups is 2. The largest absolute Gasteiger partial charge is 0.478 e. The maximum absolute atomic E-state index is 13.7. The van der Waals surface area contributed by atoms with E-state index in [4.69, 9.17) is 5.11 Å². The van der Waals surface area contributed by atoms with Crippen molar-refractivity contribution in [3.63, 3.8) is 0 Å². The van der Waals surface area contributed by atoms with E-state index in [9.17, 15) is 14.0 Å². The van der Waals surface area contributed by atoms with Crippen LogP contribution in [0.2, 0.25) is 0 Å². The van der Waals surface area contributed by atoms with Crippen LogP contribution in [-0.2, 0) is 0 Å². The van der Waals surface area contributed by atoms with Gasteiger partial charge in [-0.05, 0) is 17.7 Å². The minimum absolute atomic E-state index is 0.0965. The van der Waals surface area contributed by atoms with Crippen LogP contribution in [0.5, 0.6) is 0 Å². The van der Waals surface area contributed by atoms with Crippen LogP contribution < -0.4 is 0 Å². The van der Waals surface area contributed by atoms with E-state index in [0.29, 0.717) is 23.0 Å². The van der Waals surface area contributed by atoms with Gasteiger partial charge in [0.15, 0.2) is 0 Å². The summed E-state index contributed by atoms with van der Waals surface area (Å²) in [6, 6.07) is 10.1. The molecule has 2 aromatic carbocycles. The number of rotatable bonds is 3. The van der Waals surface area contributed by atoms with Gasteiger partial charge in [-0.15, -0.1) is 0 Å². The Kier molecular flexibility index (Phi) is 3.19. The van der Waals surface area contributed by atoms with Crippen molar-refractivity contribution in [3.8, 4) is 11.1 Å². The molecule has 0 aliphatic heterocycles. The molecule has 4 heteroatoms. The predicted molar refractivity (Wildman–Crippen MR) is 64.2 cm³/mol. The molecule has 1 N–H and O–H groups in total. The minimum Gasteiger partial charge on any atom is -0.478 e. The molecule has 3 nitrogen and oxygen atoms in total. The highest BCUT2D eigenvalue weighted by Crippen LogP contribution is 2.23. The molecule has 90 valence electrons. The second-order valence-corrected chi connectivity index (χ2v) is 3.74. The third-order valence-electron chi connectivity index (χ3n) is 2.57. The highest BCUT2D eigenvalue weighted by Gasteiger charge is 2.09. The van der Waals surface area contributed by atoms with Crippen LogP contribution >= 0.6 is 0 Å². The molecule has 0 radical (unpaired) electrons. The van der Waals surface area contributed by atoms with Crippen LogP contribution in [0.25, 0.3) is 11.1 Å². The molecule has 0 atom stereocenters. The normalized spacial score (nSPS) is 10.1. The van der Waals surface area contributed by atoms with Gasteiger partial charge in [-0.3, -0.25) is 4.79 Å². The van der Waals surface area contributed by atoms with Crippen molar-refractivity contribution in [1.82, 2.24) is 0 Å². The summed E-state index contributed by atoms with van der Waals surface area (Å²) in [5.41, 5.74) is 1.30. The average molecular weight is 244 g/mol. The summed E-state index contributed by atoms with van der Waals surface area (Å²) < 4.78 is 13.7. The SMILES string of the molecule is O=Cc1ccc(-c2ccc(C(=O)O)cc2F)cc1. The summed E-state index contributed by atoms with van der Waals surface area (Å²) in [5.74, 6) is -1.77. The van der Waals surface area contributed by atoms with Crippen LogP contribution in [0.1, 0.15) is 20.7 Å². The molecule has 18 heavy (non-hydrogen) atoms. The van der Waals surface area contributed by atoms with Gasteiger partial charge in [0.1, 0.15) is 12.1 Å². The highest BCUT2D eigenvalue weighted by molar-refractivity contribution is 5.88. The van der Waals surface area contributed by atoms with Crippen LogP contribution in [0, 0.1) is 5.82 Å². The van der Waals surface area contributed by atoms with E-state index in [1.807, 2.05) is 0 Å². The Bertz CT molecular complexity index is 603. The predicted octanol–water partition coefficient (Wildman–Crippen LogP) is 3.00. The van der Waals surface area contributed by atoms with Gasteiger partial charge in [-0.25, -0.2) is 9.18 Å². The first-order chi connectivity index (χ1) is 8.61. The summed E-state index contributed by atoms with van der Waals surface area (Å²) in [5, 5.41) is 8.73. The zero-order valence-corrected chi connectivity index (χ0v) is 9.26. The van der Waals surface area contributed by atoms with Gasteiger partial charge in [0.25, 0.3) is 0 Å². The van der Waals surface area contributed by atoms with Crippen molar-refractivity contribution in [1.29, 1.82) is 0 Å². The fraction of sp³-hybridized carbons (Fsp3) is 0. The summed E-state index contributed by atoms with van der Waals surface area (Å²) in [6.45, 7) is 0. The lowest BCUT2D eigenvalue weighted by atomic mass is 10.0. The standard InChI is InChI=1S/C14H9FO3/c15-13-7-11(14(17)18)5-6-12(13)10-3-1-9(8-16)2-4-10/h1-8H,(H,17,18). The summed E-state index contributed by atoms with van der Waals surface area (Å²) in [6.07, 6.45) is 0.702. The lowest BCUT2D eigenvalue weighted by Crippen LogP contribution is -1.97. The molecule has 0 aliphatic rings. The zero-order chi connectivity index (χ0) is 13.1. The lowest BCUT2D eigenvalue weighted by Gasteiger charge is -2.04. The third kappa shape index (κ3) is 2.27. The number of aldehydes is 1. The van der Waals surface area contributed by atoms with Gasteiger partial charge >= 0.3 is 5.97 Å². The first kappa shape index (κ1) is 12.0. The lowest BCUT2D eigenvalue weighted by molar-refractivity contribution is 0.0696. The molecule has 2 aromatic rings. The molecular formula is C14H9FO3. The summed E-state index contributed by atoms with van der Waals surface area (Å²) >= 11 is 0. The molecule has 0 spiro atoms. The number of carboxylic acids is 1. The molecule has 2 rings (SSSR count). The Morgan fingerprint density at radius 2 is 1.78 bits per heavy atom. The first-order valence-corrected chi connectivity index (χ1v) is 5.20. The molecule has 0 bridgehead atoms. The van der Waals surface area contributed by atoms with E-state index in [-0.39, 0.29) is 5.56 Å². The second kappa shape index (κ2) is 4.79. The maximum Gasteiger partial charge on any atom is 0.335 e. The molecular weight excluding hydrogens is 235 g/mol. The van der Waals surface area contributed by atoms with Gasteiger partial charge < -0.3 is 5.11 Å². The van der Waals surface area contributed by atoms with Crippen LogP contribution in [0.15, 0.2) is 42.5 Å². The third-order valence-corrected chi connectivity index (χ3v) is 2.57. The van der Waals surface area contributed by atoms with E-state index in [1.165, 1.54) is 12.1 Å². The van der Waals surface area contributed by atoms with Crippen molar-refractivity contribution in [3.05, 3.63) is 59.4 Å². The monoisotopic (exact) mass is 244 g/mol. The van der Waals surface area contributed by atoms with Crippen molar-refractivity contribution < 1.29 is 19.1 Å². The Labute approximate surface area is 103 Å². The molecule has 0 amide bonds. The summed E-state index contributed by atoms with van der Waals surface area (Å²) in [7, 11) is 0. The quantitative estimate of drug-likeness (QED) is 0.844. The van der Waals surface area contributed by atoms with E-state index in [2.05, 4.69) is 0 Å². The van der Waals surface area contributed by atoms with Crippen LogP contribution in [0.4, 0.5) is 4.39 Å². The highest BCUT2D eigenvalue weighted by atomic mass is 19.1. The van der Waals surface area contributed by atoms with E-state index < -0.39 is 11.8 Å². The Hall–Kier alpha value is -2.49. The number of hydrogen-bond donors (Lipinski definition) is 1. The molecule has 0 aliphatic carbocycles. The smallest absolute Gasteiger partial charge is 0.335 e. The van der Waals surface area contributed by atoms with Crippen molar-refractivity contribution in [2.75, 3.05) is 0 Å². The zero-order valence-electron chi connectivity index (χ0n) is 9.26. The average Bonchev–Trinajstić information content (AvgIpc) is 2.38. The summed E-state index contributed by atoms with van der Waals surface area (Å²) in [4.78, 5) is 21.2. The van der Waals surface area contributed by atoms with E-state index in [1.54, 1.807) is 24.3 Å². The number of aromatic carboxylic acids is 1. The van der Waals surface area contributed by atoms with Crippen molar-refractivity contribution >= 4 is 12.3 Å². The number of hydrogen-bond acceptors (Lipinski definition) is 2. The van der Waals surface area contributed by atoms with Gasteiger partial charge in [-0.2, -0.15) is 0 Å². The van der Waals surface area contributed by atoms with Gasteiger partial charge in [-0.1, -0.05) is 30.3 Å². The molecule has 0 fully saturated rings. The van der Waals surface area contributed by atoms with Crippen LogP contribution in [-0.4, -0.2) is 17.4 Å². The Morgan fingerprint density at radius 3 is 2.28 bits per heavy atom. The molecule has 0 aromatic heterocycles. The number of carboxylic acid groups (broad SMARTS) is 1. The van der Waals surface area contributed by atoms with E-state index in [0.717, 1.165) is 6.07 Å². The molecule has 0 saturated heterocycles. The van der Waals surface area contributed by atoms with Gasteiger partial charge in [0, 0.05) is 11.1 Å². The second-order valence-electron chi connectivity index (χ2n) is 3.74. The van der Waals surface area contributed by atoms with E-state index >= 15 is 0 Å². The van der Waals surface area contributed by atoms with Crippen LogP contribution in [0.3, 0.4) is 0 Å². The Morgan fingerprint density at radius 1 is 1.11 bits per heavy atom. The number of benzene rings is 2.